The molecule has 1 aromatic carbocycles. The van der Waals surface area contributed by atoms with E-state index in [-0.39, 0.29) is 11.3 Å². The van der Waals surface area contributed by atoms with Crippen molar-refractivity contribution in [3.05, 3.63) is 54.3 Å². The van der Waals surface area contributed by atoms with E-state index in [4.69, 9.17) is 0 Å². The third-order valence-corrected chi connectivity index (χ3v) is 5.07. The van der Waals surface area contributed by atoms with Crippen molar-refractivity contribution in [1.82, 2.24) is 0 Å². The quantitative estimate of drug-likeness (QED) is 0.676. The average molecular weight is 378 g/mol. The molecule has 0 spiro atoms. The monoisotopic (exact) mass is 376 g/mol. The van der Waals surface area contributed by atoms with Gasteiger partial charge in [0.25, 0.3) is 0 Å². The van der Waals surface area contributed by atoms with Crippen molar-refractivity contribution in [2.75, 3.05) is 0 Å². The summed E-state index contributed by atoms with van der Waals surface area (Å²) in [6, 6.07) is 6.26. The van der Waals surface area contributed by atoms with Crippen molar-refractivity contribution in [3.8, 4) is 0 Å². The van der Waals surface area contributed by atoms with Gasteiger partial charge in [0.15, 0.2) is 0 Å². The van der Waals surface area contributed by atoms with E-state index >= 15 is 0 Å². The molecule has 1 nitrogen and oxygen atoms in total. The molecule has 0 bridgehead atoms. The number of aryl methyl sites for hydroxylation is 1. The van der Waals surface area contributed by atoms with Crippen LogP contribution >= 0.6 is 43.2 Å². The van der Waals surface area contributed by atoms with Crippen LogP contribution in [0.5, 0.6) is 0 Å². The minimum Gasteiger partial charge on any atom is -0.288 e. The molecule has 1 heterocycles. The second-order valence-corrected chi connectivity index (χ2v) is 6.72. The zero-order valence-corrected chi connectivity index (χ0v) is 12.7. The van der Waals surface area contributed by atoms with Crippen molar-refractivity contribution < 1.29 is 9.18 Å². The van der Waals surface area contributed by atoms with Gasteiger partial charge >= 0.3 is 0 Å². The molecule has 0 saturated carbocycles. The molecule has 0 fully saturated rings. The molecule has 2 aromatic rings. The van der Waals surface area contributed by atoms with Crippen molar-refractivity contribution in [2.45, 2.75) is 6.92 Å². The molecule has 1 aromatic heterocycles. The Morgan fingerprint density at radius 3 is 2.59 bits per heavy atom. The van der Waals surface area contributed by atoms with Gasteiger partial charge < -0.3 is 0 Å². The third kappa shape index (κ3) is 2.51. The highest BCUT2D eigenvalue weighted by molar-refractivity contribution is 9.11. The Bertz CT molecular complexity index is 552. The van der Waals surface area contributed by atoms with Crippen LogP contribution in [0.2, 0.25) is 0 Å². The molecule has 0 atom stereocenters. The van der Waals surface area contributed by atoms with Crippen molar-refractivity contribution in [3.63, 3.8) is 0 Å². The number of rotatable bonds is 2. The lowest BCUT2D eigenvalue weighted by atomic mass is 10.1. The van der Waals surface area contributed by atoms with Gasteiger partial charge in [-0.25, -0.2) is 4.39 Å². The first-order valence-electron chi connectivity index (χ1n) is 4.75. The Kier molecular flexibility index (Phi) is 3.80. The maximum atomic E-state index is 13.6. The summed E-state index contributed by atoms with van der Waals surface area (Å²) >= 11 is 7.87. The summed E-state index contributed by atoms with van der Waals surface area (Å²) in [5, 5.41) is 0. The Morgan fingerprint density at radius 1 is 1.35 bits per heavy atom. The zero-order valence-electron chi connectivity index (χ0n) is 8.76. The molecule has 0 N–H and O–H groups in total. The minimum absolute atomic E-state index is 0.0845. The molecule has 0 aliphatic rings. The smallest absolute Gasteiger partial charge is 0.207 e. The van der Waals surface area contributed by atoms with Crippen LogP contribution in [0.15, 0.2) is 32.5 Å². The summed E-state index contributed by atoms with van der Waals surface area (Å²) in [4.78, 5) is 12.7. The number of carbonyl (C=O) groups is 1. The van der Waals surface area contributed by atoms with Crippen LogP contribution in [-0.4, -0.2) is 5.78 Å². The molecule has 17 heavy (non-hydrogen) atoms. The van der Waals surface area contributed by atoms with Crippen molar-refractivity contribution >= 4 is 49.0 Å². The van der Waals surface area contributed by atoms with E-state index in [1.807, 2.05) is 6.92 Å². The Labute approximate surface area is 119 Å². The van der Waals surface area contributed by atoms with Crippen LogP contribution in [0.3, 0.4) is 0 Å². The van der Waals surface area contributed by atoms with E-state index < -0.39 is 5.82 Å². The normalized spacial score (nSPS) is 10.6. The predicted molar refractivity (Wildman–Crippen MR) is 74.3 cm³/mol. The maximum Gasteiger partial charge on any atom is 0.207 e. The van der Waals surface area contributed by atoms with Crippen molar-refractivity contribution in [2.24, 2.45) is 0 Å². The van der Waals surface area contributed by atoms with Gasteiger partial charge in [0.05, 0.1) is 14.2 Å². The van der Waals surface area contributed by atoms with Gasteiger partial charge in [0.1, 0.15) is 5.82 Å². The number of ketones is 1. The lowest BCUT2D eigenvalue weighted by Gasteiger charge is -2.02. The average Bonchev–Trinajstić information content (AvgIpc) is 2.59. The first-order chi connectivity index (χ1) is 8.00. The standard InChI is InChI=1S/C12H7Br2FOS/c1-6-5-9(17-12(6)14)11(16)10-7(13)3-2-4-8(10)15/h2-5H,1H3. The van der Waals surface area contributed by atoms with Gasteiger partial charge in [-0.3, -0.25) is 4.79 Å². The summed E-state index contributed by atoms with van der Waals surface area (Å²) < 4.78 is 15.0. The molecule has 0 radical (unpaired) electrons. The SMILES string of the molecule is Cc1cc(C(=O)c2c(F)cccc2Br)sc1Br. The highest BCUT2D eigenvalue weighted by Gasteiger charge is 2.19. The van der Waals surface area contributed by atoms with Crippen molar-refractivity contribution in [1.29, 1.82) is 0 Å². The van der Waals surface area contributed by atoms with E-state index in [0.29, 0.717) is 9.35 Å². The van der Waals surface area contributed by atoms with Gasteiger partial charge in [-0.2, -0.15) is 0 Å². The number of benzene rings is 1. The van der Waals surface area contributed by atoms with Gasteiger partial charge in [0, 0.05) is 4.47 Å². The second-order valence-electron chi connectivity index (χ2n) is 3.49. The van der Waals surface area contributed by atoms with E-state index in [2.05, 4.69) is 31.9 Å². The second kappa shape index (κ2) is 5.00. The first kappa shape index (κ1) is 12.9. The molecule has 2 rings (SSSR count). The number of hydrogen-bond acceptors (Lipinski definition) is 2. The Balaban J connectivity index is 2.51. The van der Waals surface area contributed by atoms with E-state index in [9.17, 15) is 9.18 Å². The van der Waals surface area contributed by atoms with E-state index in [0.717, 1.165) is 9.35 Å². The molecule has 0 aliphatic carbocycles. The minimum atomic E-state index is -0.508. The summed E-state index contributed by atoms with van der Waals surface area (Å²) in [7, 11) is 0. The van der Waals surface area contributed by atoms with Crippen LogP contribution in [0, 0.1) is 12.7 Å². The Morgan fingerprint density at radius 2 is 2.06 bits per heavy atom. The highest BCUT2D eigenvalue weighted by Crippen LogP contribution is 2.31. The lowest BCUT2D eigenvalue weighted by Crippen LogP contribution is -2.03. The number of halogens is 3. The van der Waals surface area contributed by atoms with E-state index in [1.54, 1.807) is 18.2 Å². The summed E-state index contributed by atoms with van der Waals surface area (Å²) in [6.45, 7) is 1.90. The predicted octanol–water partition coefficient (Wildman–Crippen LogP) is 4.95. The fourth-order valence-electron chi connectivity index (χ4n) is 1.41. The molecule has 0 saturated heterocycles. The van der Waals surface area contributed by atoms with Gasteiger partial charge in [-0.15, -0.1) is 11.3 Å². The first-order valence-corrected chi connectivity index (χ1v) is 7.15. The number of thiophene rings is 1. The highest BCUT2D eigenvalue weighted by atomic mass is 79.9. The fraction of sp³-hybridized carbons (Fsp3) is 0.0833. The summed E-state index contributed by atoms with van der Waals surface area (Å²) in [5.74, 6) is -0.805. The van der Waals surface area contributed by atoms with Crippen LogP contribution in [0.1, 0.15) is 20.8 Å². The summed E-state index contributed by atoms with van der Waals surface area (Å²) in [6.07, 6.45) is 0. The molecular formula is C12H7Br2FOS. The lowest BCUT2D eigenvalue weighted by molar-refractivity contribution is 0.103. The summed E-state index contributed by atoms with van der Waals surface area (Å²) in [5.41, 5.74) is 1.06. The molecule has 0 aliphatic heterocycles. The van der Waals surface area contributed by atoms with Gasteiger partial charge in [-0.05, 0) is 62.5 Å². The Hall–Kier alpha value is -0.520. The largest absolute Gasteiger partial charge is 0.288 e. The van der Waals surface area contributed by atoms with E-state index in [1.165, 1.54) is 17.4 Å². The molecule has 0 unspecified atom stereocenters. The van der Waals surface area contributed by atoms with Crippen LogP contribution in [0.25, 0.3) is 0 Å². The molecule has 5 heteroatoms. The maximum absolute atomic E-state index is 13.6. The molecular weight excluding hydrogens is 371 g/mol. The number of hydrogen-bond donors (Lipinski definition) is 0. The number of carbonyl (C=O) groups excluding carboxylic acids is 1. The third-order valence-electron chi connectivity index (χ3n) is 2.27. The molecule has 88 valence electrons. The van der Waals surface area contributed by atoms with Crippen LogP contribution in [-0.2, 0) is 0 Å². The van der Waals surface area contributed by atoms with Crippen LogP contribution in [0.4, 0.5) is 4.39 Å². The van der Waals surface area contributed by atoms with Crippen LogP contribution < -0.4 is 0 Å². The molecule has 0 amide bonds. The van der Waals surface area contributed by atoms with Gasteiger partial charge in [0.2, 0.25) is 5.78 Å². The van der Waals surface area contributed by atoms with Gasteiger partial charge in [-0.1, -0.05) is 6.07 Å². The topological polar surface area (TPSA) is 17.1 Å². The fourth-order valence-corrected chi connectivity index (χ4v) is 3.41. The zero-order chi connectivity index (χ0) is 12.6.